The molecule has 2 aromatic heterocycles. The van der Waals surface area contributed by atoms with E-state index in [2.05, 4.69) is 37.6 Å². The second-order valence-electron chi connectivity index (χ2n) is 8.01. The zero-order valence-electron chi connectivity index (χ0n) is 15.5. The maximum Gasteiger partial charge on any atom is 0.421 e. The number of hydrogen-bond acceptors (Lipinski definition) is 6. The molecule has 2 unspecified atom stereocenters. The molecule has 0 radical (unpaired) electrons. The summed E-state index contributed by atoms with van der Waals surface area (Å²) in [7, 11) is 0. The van der Waals surface area contributed by atoms with Crippen LogP contribution in [0.5, 0.6) is 0 Å². The molecule has 2 aliphatic carbocycles. The normalized spacial score (nSPS) is 26.0. The van der Waals surface area contributed by atoms with Crippen LogP contribution in [0.4, 0.5) is 30.6 Å². The minimum absolute atomic E-state index is 0.0474. The van der Waals surface area contributed by atoms with Gasteiger partial charge in [-0.1, -0.05) is 6.92 Å². The summed E-state index contributed by atoms with van der Waals surface area (Å²) in [4.78, 5) is 12.3. The fraction of sp³-hybridized carbons (Fsp3) is 0.556. The molecule has 2 aromatic rings. The Labute approximate surface area is 159 Å². The van der Waals surface area contributed by atoms with E-state index in [0.29, 0.717) is 5.69 Å². The molecule has 148 valence electrons. The third kappa shape index (κ3) is 3.10. The number of hydrogen-bond donors (Lipinski definition) is 2. The average Bonchev–Trinajstić information content (AvgIpc) is 3.46. The highest BCUT2D eigenvalue weighted by Crippen LogP contribution is 2.59. The van der Waals surface area contributed by atoms with Crippen molar-refractivity contribution in [1.82, 2.24) is 19.7 Å². The van der Waals surface area contributed by atoms with Gasteiger partial charge in [0.2, 0.25) is 5.95 Å². The van der Waals surface area contributed by atoms with Crippen LogP contribution in [0.3, 0.4) is 0 Å². The Hall–Kier alpha value is -2.65. The van der Waals surface area contributed by atoms with Crippen LogP contribution in [0.1, 0.15) is 43.5 Å². The molecule has 3 aliphatic rings. The predicted octanol–water partition coefficient (Wildman–Crippen LogP) is 3.72. The topological polar surface area (TPSA) is 80.0 Å². The molecule has 2 N–H and O–H groups in total. The minimum atomic E-state index is -4.50. The molecule has 7 nitrogen and oxygen atoms in total. The van der Waals surface area contributed by atoms with Gasteiger partial charge in [0.25, 0.3) is 0 Å². The minimum Gasteiger partial charge on any atom is -0.367 e. The van der Waals surface area contributed by atoms with Crippen molar-refractivity contribution in [1.29, 1.82) is 0 Å². The first-order chi connectivity index (χ1) is 13.2. The Bertz CT molecular complexity index is 976. The van der Waals surface area contributed by atoms with Crippen LogP contribution < -0.4 is 10.6 Å². The fourth-order valence-electron chi connectivity index (χ4n) is 3.50. The molecule has 1 aliphatic heterocycles. The predicted molar refractivity (Wildman–Crippen MR) is 98.0 cm³/mol. The monoisotopic (exact) mass is 391 g/mol. The zero-order chi connectivity index (χ0) is 19.7. The summed E-state index contributed by atoms with van der Waals surface area (Å²) in [6.45, 7) is 4.87. The highest BCUT2D eigenvalue weighted by molar-refractivity contribution is 6.03. The van der Waals surface area contributed by atoms with Gasteiger partial charge in [-0.2, -0.15) is 23.3 Å². The second kappa shape index (κ2) is 5.68. The van der Waals surface area contributed by atoms with E-state index in [1.165, 1.54) is 5.71 Å². The number of aryl methyl sites for hydroxylation is 1. The number of halogens is 3. The smallest absolute Gasteiger partial charge is 0.367 e. The molecule has 3 heterocycles. The molecule has 28 heavy (non-hydrogen) atoms. The van der Waals surface area contributed by atoms with Crippen molar-refractivity contribution in [3.63, 3.8) is 0 Å². The molecular formula is C18H20F3N7. The molecule has 10 heteroatoms. The van der Waals surface area contributed by atoms with Crippen molar-refractivity contribution in [2.45, 2.75) is 51.4 Å². The van der Waals surface area contributed by atoms with Gasteiger partial charge in [0.05, 0.1) is 24.0 Å². The SMILES string of the molecule is Cc1nn(C2CC2(C)C2=NC2)cc1Nc1ncc(C(F)(F)F)c(NC2CC2)n1. The Balaban J connectivity index is 1.38. The number of aliphatic imine (C=N–C) groups is 1. The van der Waals surface area contributed by atoms with E-state index in [9.17, 15) is 13.2 Å². The van der Waals surface area contributed by atoms with Gasteiger partial charge in [-0.3, -0.25) is 9.67 Å². The van der Waals surface area contributed by atoms with E-state index >= 15 is 0 Å². The third-order valence-electron chi connectivity index (χ3n) is 5.66. The molecule has 0 spiro atoms. The molecule has 2 saturated carbocycles. The second-order valence-corrected chi connectivity index (χ2v) is 8.01. The third-order valence-corrected chi connectivity index (χ3v) is 5.66. The van der Waals surface area contributed by atoms with E-state index < -0.39 is 11.7 Å². The van der Waals surface area contributed by atoms with Crippen molar-refractivity contribution in [2.75, 3.05) is 17.2 Å². The Kier molecular flexibility index (Phi) is 3.54. The van der Waals surface area contributed by atoms with Crippen molar-refractivity contribution in [3.8, 4) is 0 Å². The first-order valence-electron chi connectivity index (χ1n) is 9.31. The fourth-order valence-corrected chi connectivity index (χ4v) is 3.50. The zero-order valence-corrected chi connectivity index (χ0v) is 15.5. The van der Waals surface area contributed by atoms with E-state index in [1.807, 2.05) is 17.8 Å². The van der Waals surface area contributed by atoms with Crippen LogP contribution in [0.2, 0.25) is 0 Å². The van der Waals surface area contributed by atoms with E-state index in [0.717, 1.165) is 37.7 Å². The molecule has 2 fully saturated rings. The van der Waals surface area contributed by atoms with Crippen molar-refractivity contribution < 1.29 is 13.2 Å². The lowest BCUT2D eigenvalue weighted by molar-refractivity contribution is -0.137. The van der Waals surface area contributed by atoms with Crippen molar-refractivity contribution in [3.05, 3.63) is 23.7 Å². The molecule has 2 atom stereocenters. The number of rotatable bonds is 6. The standard InChI is InChI=1S/C18H20F3N7/c1-9-12(8-28(27-9)14-5-17(14,2)13-7-22-13)25-16-23-6-11(18(19,20)21)15(26-16)24-10-3-4-10/h6,8,10,14H,3-5,7H2,1-2H3,(H2,23,24,25,26). The first-order valence-corrected chi connectivity index (χ1v) is 9.31. The van der Waals surface area contributed by atoms with E-state index in [-0.39, 0.29) is 29.3 Å². The van der Waals surface area contributed by atoms with Gasteiger partial charge in [0, 0.05) is 29.6 Å². The molecule has 5 rings (SSSR count). The van der Waals surface area contributed by atoms with Gasteiger partial charge in [-0.25, -0.2) is 4.98 Å². The Morgan fingerprint density at radius 1 is 1.29 bits per heavy atom. The molecule has 0 amide bonds. The van der Waals surface area contributed by atoms with Crippen LogP contribution in [0.15, 0.2) is 17.4 Å². The van der Waals surface area contributed by atoms with Gasteiger partial charge in [0.15, 0.2) is 0 Å². The largest absolute Gasteiger partial charge is 0.421 e. The summed E-state index contributed by atoms with van der Waals surface area (Å²) in [6.07, 6.45) is 0.881. The number of anilines is 3. The maximum atomic E-state index is 13.2. The van der Waals surface area contributed by atoms with Crippen LogP contribution in [0.25, 0.3) is 0 Å². The molecular weight excluding hydrogens is 371 g/mol. The van der Waals surface area contributed by atoms with Crippen molar-refractivity contribution in [2.24, 2.45) is 10.4 Å². The van der Waals surface area contributed by atoms with Gasteiger partial charge in [-0.15, -0.1) is 0 Å². The number of nitrogens with one attached hydrogen (secondary N) is 2. The molecule has 0 saturated heterocycles. The number of aromatic nitrogens is 4. The summed E-state index contributed by atoms with van der Waals surface area (Å²) in [5.74, 6) is -0.0667. The van der Waals surface area contributed by atoms with Crippen LogP contribution in [-0.4, -0.2) is 38.0 Å². The summed E-state index contributed by atoms with van der Waals surface area (Å²) in [6, 6.07) is 0.315. The lowest BCUT2D eigenvalue weighted by Crippen LogP contribution is -2.15. The molecule has 0 bridgehead atoms. The summed E-state index contributed by atoms with van der Waals surface area (Å²) >= 11 is 0. The quantitative estimate of drug-likeness (QED) is 0.785. The van der Waals surface area contributed by atoms with Crippen LogP contribution in [0, 0.1) is 12.3 Å². The van der Waals surface area contributed by atoms with Gasteiger partial charge in [-0.05, 0) is 26.2 Å². The number of nitrogens with zero attached hydrogens (tertiary/aromatic N) is 5. The van der Waals surface area contributed by atoms with Gasteiger partial charge >= 0.3 is 6.18 Å². The van der Waals surface area contributed by atoms with Gasteiger partial charge < -0.3 is 10.6 Å². The average molecular weight is 391 g/mol. The number of alkyl halides is 3. The highest BCUT2D eigenvalue weighted by atomic mass is 19.4. The lowest BCUT2D eigenvalue weighted by atomic mass is 10.1. The summed E-state index contributed by atoms with van der Waals surface area (Å²) in [5, 5.41) is 10.4. The summed E-state index contributed by atoms with van der Waals surface area (Å²) < 4.78 is 41.6. The lowest BCUT2D eigenvalue weighted by Gasteiger charge is -2.14. The Morgan fingerprint density at radius 3 is 2.68 bits per heavy atom. The maximum absolute atomic E-state index is 13.2. The van der Waals surface area contributed by atoms with Crippen LogP contribution >= 0.6 is 0 Å². The van der Waals surface area contributed by atoms with Crippen LogP contribution in [-0.2, 0) is 6.18 Å². The molecule has 0 aromatic carbocycles. The summed E-state index contributed by atoms with van der Waals surface area (Å²) in [5.41, 5.74) is 1.90. The van der Waals surface area contributed by atoms with Gasteiger partial charge in [0.1, 0.15) is 11.4 Å². The van der Waals surface area contributed by atoms with E-state index in [4.69, 9.17) is 0 Å². The Morgan fingerprint density at radius 2 is 2.04 bits per heavy atom. The first kappa shape index (κ1) is 17.4. The van der Waals surface area contributed by atoms with E-state index in [1.54, 1.807) is 0 Å². The van der Waals surface area contributed by atoms with Crippen molar-refractivity contribution >= 4 is 23.2 Å². The highest BCUT2D eigenvalue weighted by Gasteiger charge is 2.58.